The van der Waals surface area contributed by atoms with Crippen LogP contribution in [0.4, 0.5) is 4.79 Å². The van der Waals surface area contributed by atoms with Crippen molar-refractivity contribution in [2.24, 2.45) is 5.92 Å². The Hall–Kier alpha value is -3.01. The number of carbonyl (C=O) groups is 3. The highest BCUT2D eigenvalue weighted by molar-refractivity contribution is 5.93. The van der Waals surface area contributed by atoms with Crippen LogP contribution < -0.4 is 10.6 Å². The van der Waals surface area contributed by atoms with Crippen molar-refractivity contribution in [1.82, 2.24) is 15.5 Å². The first-order valence-electron chi connectivity index (χ1n) is 12.7. The summed E-state index contributed by atoms with van der Waals surface area (Å²) in [7, 11) is 0. The predicted molar refractivity (Wildman–Crippen MR) is 135 cm³/mol. The molecule has 190 valence electrons. The van der Waals surface area contributed by atoms with Gasteiger partial charge in [-0.15, -0.1) is 6.42 Å². The zero-order chi connectivity index (χ0) is 25.8. The van der Waals surface area contributed by atoms with Gasteiger partial charge in [0.2, 0.25) is 11.8 Å². The fourth-order valence-corrected chi connectivity index (χ4v) is 4.75. The molecule has 0 heterocycles. The normalized spacial score (nSPS) is 21.7. The lowest BCUT2D eigenvalue weighted by atomic mass is 9.93. The molecule has 2 fully saturated rings. The van der Waals surface area contributed by atoms with Crippen LogP contribution in [0.2, 0.25) is 0 Å². The van der Waals surface area contributed by atoms with Crippen LogP contribution >= 0.6 is 0 Å². The van der Waals surface area contributed by atoms with Gasteiger partial charge in [0.15, 0.2) is 0 Å². The third-order valence-corrected chi connectivity index (χ3v) is 6.67. The van der Waals surface area contributed by atoms with E-state index in [-0.39, 0.29) is 29.8 Å². The van der Waals surface area contributed by atoms with Crippen molar-refractivity contribution in [1.29, 1.82) is 0 Å². The van der Waals surface area contributed by atoms with Crippen LogP contribution in [-0.2, 0) is 14.3 Å². The number of ether oxygens (including phenoxy) is 1. The molecule has 0 spiro atoms. The van der Waals surface area contributed by atoms with E-state index < -0.39 is 23.8 Å². The minimum Gasteiger partial charge on any atom is -0.444 e. The van der Waals surface area contributed by atoms with Gasteiger partial charge in [0.05, 0.1) is 0 Å². The molecule has 2 aliphatic carbocycles. The summed E-state index contributed by atoms with van der Waals surface area (Å²) in [5.41, 5.74) is 0.515. The molecule has 2 N–H and O–H groups in total. The van der Waals surface area contributed by atoms with Crippen molar-refractivity contribution in [2.75, 3.05) is 0 Å². The topological polar surface area (TPSA) is 87.7 Å². The highest BCUT2D eigenvalue weighted by Gasteiger charge is 2.48. The smallest absolute Gasteiger partial charge is 0.408 e. The summed E-state index contributed by atoms with van der Waals surface area (Å²) in [5.74, 6) is 2.37. The first-order chi connectivity index (χ1) is 16.5. The molecule has 0 saturated heterocycles. The largest absolute Gasteiger partial charge is 0.444 e. The van der Waals surface area contributed by atoms with E-state index in [4.69, 9.17) is 11.2 Å². The molecule has 1 aromatic rings. The van der Waals surface area contributed by atoms with Gasteiger partial charge in [-0.2, -0.15) is 0 Å². The van der Waals surface area contributed by atoms with Crippen LogP contribution in [0.1, 0.15) is 90.3 Å². The van der Waals surface area contributed by atoms with E-state index in [1.165, 1.54) is 6.42 Å². The monoisotopic (exact) mass is 481 g/mol. The van der Waals surface area contributed by atoms with E-state index in [9.17, 15) is 14.4 Å². The number of carbonyl (C=O) groups excluding carboxylic acids is 3. The number of hydrogen-bond donors (Lipinski definition) is 2. The molecule has 4 unspecified atom stereocenters. The van der Waals surface area contributed by atoms with Gasteiger partial charge in [0, 0.05) is 17.6 Å². The minimum absolute atomic E-state index is 0.0858. The van der Waals surface area contributed by atoms with Crippen LogP contribution in [-0.4, -0.2) is 46.5 Å². The fourth-order valence-electron chi connectivity index (χ4n) is 4.75. The predicted octanol–water partition coefficient (Wildman–Crippen LogP) is 4.31. The first kappa shape index (κ1) is 26.6. The second-order valence-electron chi connectivity index (χ2n) is 10.9. The van der Waals surface area contributed by atoms with Crippen LogP contribution in [0, 0.1) is 18.3 Å². The number of rotatable bonds is 7. The Morgan fingerprint density at radius 2 is 1.77 bits per heavy atom. The molecule has 0 aromatic heterocycles. The molecule has 2 aliphatic rings. The lowest BCUT2D eigenvalue weighted by molar-refractivity contribution is -0.143. The number of hydrogen-bond acceptors (Lipinski definition) is 4. The summed E-state index contributed by atoms with van der Waals surface area (Å²) in [6, 6.07) is 5.49. The molecule has 0 bridgehead atoms. The fraction of sp³-hybridized carbons (Fsp3) is 0.607. The van der Waals surface area contributed by atoms with Gasteiger partial charge in [-0.25, -0.2) is 4.79 Å². The molecule has 2 saturated carbocycles. The number of benzene rings is 1. The molecule has 1 aromatic carbocycles. The van der Waals surface area contributed by atoms with Crippen molar-refractivity contribution >= 4 is 17.9 Å². The molecule has 7 heteroatoms. The molecule has 35 heavy (non-hydrogen) atoms. The van der Waals surface area contributed by atoms with E-state index in [1.54, 1.807) is 38.7 Å². The standard InChI is InChI=1S/C28H39N3O4/c1-7-20-13-11-12-16-22(20)24(25(32)30-21-14-9-8-10-15-21)31(23-17-18(23)2)26(33)19(3)29-27(34)35-28(4,5)6/h1,11-13,16,18-19,21,23-24H,8-10,14-15,17H2,2-6H3,(H,29,34)(H,30,32). The molecular formula is C28H39N3O4. The highest BCUT2D eigenvalue weighted by atomic mass is 16.6. The molecule has 7 nitrogen and oxygen atoms in total. The van der Waals surface area contributed by atoms with Gasteiger partial charge in [-0.1, -0.05) is 50.3 Å². The summed E-state index contributed by atoms with van der Waals surface area (Å²) in [6.07, 6.45) is 11.1. The van der Waals surface area contributed by atoms with E-state index in [0.717, 1.165) is 32.1 Å². The number of nitrogens with one attached hydrogen (secondary N) is 2. The van der Waals surface area contributed by atoms with E-state index in [1.807, 2.05) is 18.2 Å². The molecule has 0 aliphatic heterocycles. The third kappa shape index (κ3) is 7.00. The summed E-state index contributed by atoms with van der Waals surface area (Å²) in [5, 5.41) is 5.84. The quantitative estimate of drug-likeness (QED) is 0.568. The average molecular weight is 482 g/mol. The summed E-state index contributed by atoms with van der Waals surface area (Å²) in [6.45, 7) is 8.97. The van der Waals surface area contributed by atoms with Crippen molar-refractivity contribution in [3.05, 3.63) is 35.4 Å². The Balaban J connectivity index is 1.93. The van der Waals surface area contributed by atoms with Crippen molar-refractivity contribution in [3.8, 4) is 12.3 Å². The van der Waals surface area contributed by atoms with Crippen molar-refractivity contribution < 1.29 is 19.1 Å². The minimum atomic E-state index is -0.880. The molecule has 3 rings (SSSR count). The highest BCUT2D eigenvalue weighted by Crippen LogP contribution is 2.41. The maximum Gasteiger partial charge on any atom is 0.408 e. The van der Waals surface area contributed by atoms with Crippen LogP contribution in [0.25, 0.3) is 0 Å². The van der Waals surface area contributed by atoms with Crippen LogP contribution in [0.5, 0.6) is 0 Å². The van der Waals surface area contributed by atoms with Gasteiger partial charge in [-0.05, 0) is 64.5 Å². The number of amides is 3. The molecule has 4 atom stereocenters. The van der Waals surface area contributed by atoms with Gasteiger partial charge >= 0.3 is 6.09 Å². The zero-order valence-corrected chi connectivity index (χ0v) is 21.6. The SMILES string of the molecule is C#Cc1ccccc1C(C(=O)NC1CCCCC1)N(C(=O)C(C)NC(=O)OC(C)(C)C)C1CC1C. The lowest BCUT2D eigenvalue weighted by Crippen LogP contribution is -2.54. The Morgan fingerprint density at radius 1 is 1.14 bits per heavy atom. The number of nitrogens with zero attached hydrogens (tertiary/aromatic N) is 1. The second-order valence-corrected chi connectivity index (χ2v) is 10.9. The number of alkyl carbamates (subject to hydrolysis) is 1. The Kier molecular flexibility index (Phi) is 8.47. The number of terminal acetylenes is 1. The average Bonchev–Trinajstić information content (AvgIpc) is 3.51. The van der Waals surface area contributed by atoms with Gasteiger partial charge in [-0.3, -0.25) is 9.59 Å². The summed E-state index contributed by atoms with van der Waals surface area (Å²) >= 11 is 0. The van der Waals surface area contributed by atoms with Crippen molar-refractivity contribution in [3.63, 3.8) is 0 Å². The molecule has 3 amide bonds. The first-order valence-corrected chi connectivity index (χ1v) is 12.7. The van der Waals surface area contributed by atoms with Gasteiger partial charge < -0.3 is 20.3 Å². The summed E-state index contributed by atoms with van der Waals surface area (Å²) in [4.78, 5) is 41.6. The van der Waals surface area contributed by atoms with Gasteiger partial charge in [0.1, 0.15) is 17.7 Å². The second kappa shape index (κ2) is 11.2. The van der Waals surface area contributed by atoms with Crippen LogP contribution in [0.3, 0.4) is 0 Å². The van der Waals surface area contributed by atoms with E-state index in [2.05, 4.69) is 23.5 Å². The zero-order valence-electron chi connectivity index (χ0n) is 21.6. The van der Waals surface area contributed by atoms with E-state index in [0.29, 0.717) is 11.1 Å². The molecule has 0 radical (unpaired) electrons. The maximum absolute atomic E-state index is 13.8. The Morgan fingerprint density at radius 3 is 2.34 bits per heavy atom. The lowest BCUT2D eigenvalue weighted by Gasteiger charge is -2.36. The Bertz CT molecular complexity index is 971. The third-order valence-electron chi connectivity index (χ3n) is 6.67. The van der Waals surface area contributed by atoms with Crippen molar-refractivity contribution in [2.45, 2.75) is 103 Å². The summed E-state index contributed by atoms with van der Waals surface area (Å²) < 4.78 is 5.34. The van der Waals surface area contributed by atoms with Crippen LogP contribution in [0.15, 0.2) is 24.3 Å². The van der Waals surface area contributed by atoms with Gasteiger partial charge in [0.25, 0.3) is 0 Å². The maximum atomic E-state index is 13.8. The molecular weight excluding hydrogens is 442 g/mol. The van der Waals surface area contributed by atoms with E-state index >= 15 is 0 Å². The Labute approximate surface area is 209 Å².